The maximum absolute atomic E-state index is 12.2. The molecule has 2 heterocycles. The Morgan fingerprint density at radius 3 is 2.78 bits per heavy atom. The summed E-state index contributed by atoms with van der Waals surface area (Å²) in [5.74, 6) is 0.127. The largest absolute Gasteiger partial charge is 0.457 e. The zero-order valence-corrected chi connectivity index (χ0v) is 11.2. The van der Waals surface area contributed by atoms with Gasteiger partial charge in [0, 0.05) is 5.39 Å². The molecule has 4 heteroatoms. The lowest BCUT2D eigenvalue weighted by molar-refractivity contribution is 0.101. The molecule has 3 aromatic rings. The van der Waals surface area contributed by atoms with Crippen molar-refractivity contribution in [2.45, 2.75) is 6.92 Å². The van der Waals surface area contributed by atoms with Gasteiger partial charge in [-0.2, -0.15) is 0 Å². The summed E-state index contributed by atoms with van der Waals surface area (Å²) >= 11 is 3.19. The maximum Gasteiger partial charge on any atom is 0.232 e. The average Bonchev–Trinajstić information content (AvgIpc) is 2.93. The Kier molecular flexibility index (Phi) is 2.59. The Morgan fingerprint density at radius 1 is 1.22 bits per heavy atom. The molecular weight excluding hydrogens is 296 g/mol. The minimum atomic E-state index is -0.190. The van der Waals surface area contributed by atoms with Crippen LogP contribution in [0.3, 0.4) is 0 Å². The molecule has 0 radical (unpaired) electrons. The van der Waals surface area contributed by atoms with Crippen LogP contribution in [0.4, 0.5) is 0 Å². The van der Waals surface area contributed by atoms with E-state index in [9.17, 15) is 4.79 Å². The van der Waals surface area contributed by atoms with Gasteiger partial charge >= 0.3 is 0 Å². The fourth-order valence-electron chi connectivity index (χ4n) is 1.86. The molecule has 1 aromatic carbocycles. The average molecular weight is 305 g/mol. The maximum atomic E-state index is 12.2. The van der Waals surface area contributed by atoms with Crippen molar-refractivity contribution in [1.82, 2.24) is 0 Å². The first-order valence-electron chi connectivity index (χ1n) is 5.43. The standard InChI is InChI=1S/C14H9BrO3/c1-8-2-3-11-9(6-8)7-12(18-11)13(16)10-4-5-17-14(10)15/h2-7H,1H3. The van der Waals surface area contributed by atoms with Crippen LogP contribution >= 0.6 is 15.9 Å². The minimum absolute atomic E-state index is 0.190. The van der Waals surface area contributed by atoms with E-state index in [-0.39, 0.29) is 5.78 Å². The van der Waals surface area contributed by atoms with Gasteiger partial charge in [0.25, 0.3) is 0 Å². The molecule has 90 valence electrons. The van der Waals surface area contributed by atoms with Gasteiger partial charge in [-0.3, -0.25) is 4.79 Å². The number of benzene rings is 1. The molecule has 0 atom stereocenters. The van der Waals surface area contributed by atoms with Gasteiger partial charge in [0.1, 0.15) is 5.58 Å². The molecule has 0 N–H and O–H groups in total. The first kappa shape index (κ1) is 11.3. The number of halogens is 1. The predicted molar refractivity (Wildman–Crippen MR) is 70.8 cm³/mol. The van der Waals surface area contributed by atoms with Gasteiger partial charge in [-0.15, -0.1) is 0 Å². The molecular formula is C14H9BrO3. The number of aryl methyl sites for hydroxylation is 1. The highest BCUT2D eigenvalue weighted by atomic mass is 79.9. The third kappa shape index (κ3) is 1.78. The number of rotatable bonds is 2. The Labute approximate surface area is 112 Å². The molecule has 0 fully saturated rings. The number of carbonyl (C=O) groups excluding carboxylic acids is 1. The summed E-state index contributed by atoms with van der Waals surface area (Å²) in [5, 5.41) is 0.929. The van der Waals surface area contributed by atoms with E-state index in [1.54, 1.807) is 12.1 Å². The second-order valence-electron chi connectivity index (χ2n) is 4.09. The first-order valence-corrected chi connectivity index (χ1v) is 6.22. The van der Waals surface area contributed by atoms with Crippen LogP contribution in [0.2, 0.25) is 0 Å². The Balaban J connectivity index is 2.10. The van der Waals surface area contributed by atoms with Crippen LogP contribution in [-0.2, 0) is 0 Å². The smallest absolute Gasteiger partial charge is 0.232 e. The van der Waals surface area contributed by atoms with Crippen LogP contribution in [0, 0.1) is 6.92 Å². The molecule has 0 aliphatic carbocycles. The molecule has 0 saturated carbocycles. The van der Waals surface area contributed by atoms with Crippen LogP contribution in [0.25, 0.3) is 11.0 Å². The van der Waals surface area contributed by atoms with E-state index in [0.29, 0.717) is 21.6 Å². The quantitative estimate of drug-likeness (QED) is 0.662. The molecule has 0 amide bonds. The molecule has 2 aromatic heterocycles. The fourth-order valence-corrected chi connectivity index (χ4v) is 2.28. The molecule has 3 rings (SSSR count). The molecule has 3 nitrogen and oxygen atoms in total. The summed E-state index contributed by atoms with van der Waals surface area (Å²) < 4.78 is 11.0. The zero-order valence-electron chi connectivity index (χ0n) is 9.57. The van der Waals surface area contributed by atoms with Crippen LogP contribution in [0.5, 0.6) is 0 Å². The number of ketones is 1. The fraction of sp³-hybridized carbons (Fsp3) is 0.0714. The normalized spacial score (nSPS) is 11.0. The molecule has 0 bridgehead atoms. The molecule has 0 aliphatic heterocycles. The molecule has 18 heavy (non-hydrogen) atoms. The highest BCUT2D eigenvalue weighted by Gasteiger charge is 2.18. The summed E-state index contributed by atoms with van der Waals surface area (Å²) in [5.41, 5.74) is 2.31. The van der Waals surface area contributed by atoms with Crippen LogP contribution in [-0.4, -0.2) is 5.78 Å². The lowest BCUT2D eigenvalue weighted by atomic mass is 10.1. The van der Waals surface area contributed by atoms with E-state index in [1.165, 1.54) is 6.26 Å². The van der Waals surface area contributed by atoms with Crippen molar-refractivity contribution in [2.75, 3.05) is 0 Å². The summed E-state index contributed by atoms with van der Waals surface area (Å²) in [6.45, 7) is 2.00. The number of hydrogen-bond donors (Lipinski definition) is 0. The summed E-state index contributed by atoms with van der Waals surface area (Å²) in [6.07, 6.45) is 1.46. The Hall–Kier alpha value is -1.81. The van der Waals surface area contributed by atoms with Gasteiger partial charge in [0.05, 0.1) is 11.8 Å². The van der Waals surface area contributed by atoms with Crippen molar-refractivity contribution in [1.29, 1.82) is 0 Å². The predicted octanol–water partition coefficient (Wildman–Crippen LogP) is 4.33. The van der Waals surface area contributed by atoms with Gasteiger partial charge in [0.2, 0.25) is 5.78 Å². The van der Waals surface area contributed by atoms with Crippen molar-refractivity contribution in [3.63, 3.8) is 0 Å². The first-order chi connectivity index (χ1) is 8.65. The number of hydrogen-bond acceptors (Lipinski definition) is 3. The van der Waals surface area contributed by atoms with Gasteiger partial charge in [0.15, 0.2) is 10.4 Å². The lowest BCUT2D eigenvalue weighted by Crippen LogP contribution is -1.97. The molecule has 0 saturated heterocycles. The Bertz CT molecular complexity index is 736. The topological polar surface area (TPSA) is 43.4 Å². The monoisotopic (exact) mass is 304 g/mol. The summed E-state index contributed by atoms with van der Waals surface area (Å²) in [4.78, 5) is 12.2. The molecule has 0 spiro atoms. The summed E-state index contributed by atoms with van der Waals surface area (Å²) in [6, 6.07) is 9.18. The SMILES string of the molecule is Cc1ccc2oc(C(=O)c3ccoc3Br)cc2c1. The van der Waals surface area contributed by atoms with E-state index in [2.05, 4.69) is 15.9 Å². The zero-order chi connectivity index (χ0) is 12.7. The van der Waals surface area contributed by atoms with Crippen molar-refractivity contribution < 1.29 is 13.6 Å². The summed E-state index contributed by atoms with van der Waals surface area (Å²) in [7, 11) is 0. The van der Waals surface area contributed by atoms with E-state index in [1.807, 2.05) is 25.1 Å². The van der Waals surface area contributed by atoms with E-state index >= 15 is 0 Å². The van der Waals surface area contributed by atoms with Crippen molar-refractivity contribution in [2.24, 2.45) is 0 Å². The third-order valence-corrected chi connectivity index (χ3v) is 3.37. The second kappa shape index (κ2) is 4.14. The van der Waals surface area contributed by atoms with Gasteiger partial charge in [-0.05, 0) is 47.1 Å². The lowest BCUT2D eigenvalue weighted by Gasteiger charge is -1.92. The van der Waals surface area contributed by atoms with Gasteiger partial charge in [-0.1, -0.05) is 11.6 Å². The minimum Gasteiger partial charge on any atom is -0.457 e. The number of furan rings is 2. The van der Waals surface area contributed by atoms with Crippen LogP contribution in [0.1, 0.15) is 21.7 Å². The van der Waals surface area contributed by atoms with Gasteiger partial charge in [-0.25, -0.2) is 0 Å². The van der Waals surface area contributed by atoms with E-state index < -0.39 is 0 Å². The van der Waals surface area contributed by atoms with E-state index in [0.717, 1.165) is 10.9 Å². The van der Waals surface area contributed by atoms with Crippen LogP contribution in [0.15, 0.2) is 50.1 Å². The second-order valence-corrected chi connectivity index (χ2v) is 4.81. The number of fused-ring (bicyclic) bond motifs is 1. The third-order valence-electron chi connectivity index (χ3n) is 2.76. The Morgan fingerprint density at radius 2 is 2.06 bits per heavy atom. The number of carbonyl (C=O) groups is 1. The highest BCUT2D eigenvalue weighted by Crippen LogP contribution is 2.25. The highest BCUT2D eigenvalue weighted by molar-refractivity contribution is 9.10. The molecule has 0 aliphatic rings. The van der Waals surface area contributed by atoms with Crippen molar-refractivity contribution in [3.8, 4) is 0 Å². The van der Waals surface area contributed by atoms with Crippen molar-refractivity contribution >= 4 is 32.7 Å². The van der Waals surface area contributed by atoms with E-state index in [4.69, 9.17) is 8.83 Å². The van der Waals surface area contributed by atoms with Crippen LogP contribution < -0.4 is 0 Å². The van der Waals surface area contributed by atoms with Gasteiger partial charge < -0.3 is 8.83 Å². The van der Waals surface area contributed by atoms with Crippen molar-refractivity contribution in [3.05, 3.63) is 58.2 Å². The molecule has 0 unspecified atom stereocenters.